The summed E-state index contributed by atoms with van der Waals surface area (Å²) in [5.41, 5.74) is 0.363. The molecule has 0 aliphatic rings. The van der Waals surface area contributed by atoms with Crippen molar-refractivity contribution in [2.45, 2.75) is 4.71 Å². The smallest absolute Gasteiger partial charge is 0.284 e. The fourth-order valence-corrected chi connectivity index (χ4v) is 1.42. The van der Waals surface area contributed by atoms with Gasteiger partial charge in [-0.2, -0.15) is 8.42 Å². The predicted molar refractivity (Wildman–Crippen MR) is 46.6 cm³/mol. The van der Waals surface area contributed by atoms with Crippen molar-refractivity contribution < 1.29 is 42.5 Å². The minimum atomic E-state index is -4.19. The molecule has 1 N–H and O–H groups in total. The summed E-state index contributed by atoms with van der Waals surface area (Å²) in [7, 11) is -4.19. The average Bonchev–Trinajstić information content (AvgIpc) is 2.03. The first-order chi connectivity index (χ1) is 5.52. The molecule has 3 nitrogen and oxygen atoms in total. The SMILES string of the molecule is O=S(=O)(O)C(Cl)c1ccccc1.[Na+]. The zero-order valence-electron chi connectivity index (χ0n) is 7.01. The Kier molecular flexibility index (Phi) is 5.51. The number of hydrogen-bond acceptors (Lipinski definition) is 2. The van der Waals surface area contributed by atoms with Gasteiger partial charge in [-0.05, 0) is 5.56 Å². The molecule has 1 rings (SSSR count). The van der Waals surface area contributed by atoms with E-state index in [-0.39, 0.29) is 29.6 Å². The second-order valence-corrected chi connectivity index (χ2v) is 4.44. The summed E-state index contributed by atoms with van der Waals surface area (Å²) in [5, 5.41) is 0. The second-order valence-electron chi connectivity index (χ2n) is 2.24. The van der Waals surface area contributed by atoms with E-state index in [1.807, 2.05) is 0 Å². The van der Waals surface area contributed by atoms with Gasteiger partial charge in [0.05, 0.1) is 0 Å². The number of halogens is 1. The van der Waals surface area contributed by atoms with Crippen molar-refractivity contribution in [2.24, 2.45) is 0 Å². The Bertz CT molecular complexity index is 351. The second kappa shape index (κ2) is 5.34. The number of hydrogen-bond donors (Lipinski definition) is 1. The van der Waals surface area contributed by atoms with E-state index in [0.29, 0.717) is 5.56 Å². The first-order valence-corrected chi connectivity index (χ1v) is 5.11. The van der Waals surface area contributed by atoms with Crippen LogP contribution in [0.2, 0.25) is 0 Å². The van der Waals surface area contributed by atoms with E-state index < -0.39 is 14.8 Å². The van der Waals surface area contributed by atoms with Crippen molar-refractivity contribution in [3.63, 3.8) is 0 Å². The third-order valence-corrected chi connectivity index (χ3v) is 3.05. The van der Waals surface area contributed by atoms with Crippen LogP contribution in [0.25, 0.3) is 0 Å². The van der Waals surface area contributed by atoms with Gasteiger partial charge in [-0.3, -0.25) is 4.55 Å². The summed E-state index contributed by atoms with van der Waals surface area (Å²) in [5.74, 6) is 0. The van der Waals surface area contributed by atoms with Gasteiger partial charge in [-0.15, -0.1) is 0 Å². The molecule has 0 radical (unpaired) electrons. The van der Waals surface area contributed by atoms with Gasteiger partial charge in [-0.25, -0.2) is 0 Å². The van der Waals surface area contributed by atoms with Crippen LogP contribution in [-0.2, 0) is 10.1 Å². The molecule has 0 spiro atoms. The quantitative estimate of drug-likeness (QED) is 0.395. The molecule has 1 atom stereocenters. The van der Waals surface area contributed by atoms with Crippen LogP contribution in [0.15, 0.2) is 30.3 Å². The van der Waals surface area contributed by atoms with Crippen molar-refractivity contribution in [3.8, 4) is 0 Å². The van der Waals surface area contributed by atoms with Gasteiger partial charge in [0.1, 0.15) is 0 Å². The van der Waals surface area contributed by atoms with E-state index in [4.69, 9.17) is 16.2 Å². The molecule has 0 aliphatic carbocycles. The van der Waals surface area contributed by atoms with Crippen LogP contribution in [0.3, 0.4) is 0 Å². The largest absolute Gasteiger partial charge is 1.00 e. The molecule has 66 valence electrons. The van der Waals surface area contributed by atoms with E-state index in [9.17, 15) is 8.42 Å². The molecule has 1 aromatic rings. The predicted octanol–water partition coefficient (Wildman–Crippen LogP) is -1.18. The molecule has 0 aliphatic heterocycles. The van der Waals surface area contributed by atoms with Gasteiger partial charge in [0, 0.05) is 0 Å². The maximum absolute atomic E-state index is 10.6. The Balaban J connectivity index is 0.00000144. The van der Waals surface area contributed by atoms with Gasteiger partial charge in [0.25, 0.3) is 10.1 Å². The molecule has 13 heavy (non-hydrogen) atoms. The number of rotatable bonds is 2. The molecule has 1 unspecified atom stereocenters. The van der Waals surface area contributed by atoms with E-state index >= 15 is 0 Å². The Labute approximate surface area is 104 Å². The summed E-state index contributed by atoms with van der Waals surface area (Å²) >= 11 is 5.44. The van der Waals surface area contributed by atoms with Gasteiger partial charge >= 0.3 is 29.6 Å². The van der Waals surface area contributed by atoms with Crippen LogP contribution in [0.5, 0.6) is 0 Å². The maximum Gasteiger partial charge on any atom is 1.00 e. The molecule has 0 saturated heterocycles. The van der Waals surface area contributed by atoms with Crippen LogP contribution in [0, 0.1) is 0 Å². The summed E-state index contributed by atoms with van der Waals surface area (Å²) in [6, 6.07) is 8.10. The summed E-state index contributed by atoms with van der Waals surface area (Å²) in [4.78, 5) is 0. The first kappa shape index (κ1) is 13.4. The van der Waals surface area contributed by atoms with Crippen LogP contribution >= 0.6 is 11.6 Å². The van der Waals surface area contributed by atoms with Gasteiger partial charge < -0.3 is 0 Å². The van der Waals surface area contributed by atoms with Crippen molar-refractivity contribution in [3.05, 3.63) is 35.9 Å². The van der Waals surface area contributed by atoms with Crippen molar-refractivity contribution in [1.29, 1.82) is 0 Å². The summed E-state index contributed by atoms with van der Waals surface area (Å²) < 4.78 is 28.3. The third kappa shape index (κ3) is 3.97. The topological polar surface area (TPSA) is 54.4 Å². The van der Waals surface area contributed by atoms with Crippen molar-refractivity contribution in [2.75, 3.05) is 0 Å². The summed E-state index contributed by atoms with van der Waals surface area (Å²) in [6.07, 6.45) is 0. The van der Waals surface area contributed by atoms with Crippen molar-refractivity contribution >= 4 is 21.7 Å². The molecule has 1 aromatic carbocycles. The molecular weight excluding hydrogens is 223 g/mol. The van der Waals surface area contributed by atoms with Gasteiger partial charge in [0.15, 0.2) is 4.71 Å². The van der Waals surface area contributed by atoms with E-state index in [2.05, 4.69) is 0 Å². The fourth-order valence-electron chi connectivity index (χ4n) is 0.776. The molecule has 0 aromatic heterocycles. The van der Waals surface area contributed by atoms with E-state index in [0.717, 1.165) is 0 Å². The molecule has 0 saturated carbocycles. The minimum absolute atomic E-state index is 0. The Morgan fingerprint density at radius 1 is 1.23 bits per heavy atom. The fraction of sp³-hybridized carbons (Fsp3) is 0.143. The van der Waals surface area contributed by atoms with E-state index in [1.165, 1.54) is 12.1 Å². The molecule has 6 heteroatoms. The normalized spacial score (nSPS) is 13.1. The van der Waals surface area contributed by atoms with Crippen LogP contribution in [-0.4, -0.2) is 13.0 Å². The number of alkyl halides is 1. The number of benzene rings is 1. The minimum Gasteiger partial charge on any atom is -0.284 e. The molecular formula is C7H7ClNaO3S+. The van der Waals surface area contributed by atoms with Gasteiger partial charge in [0.2, 0.25) is 0 Å². The van der Waals surface area contributed by atoms with Gasteiger partial charge in [-0.1, -0.05) is 41.9 Å². The zero-order valence-corrected chi connectivity index (χ0v) is 10.6. The average molecular weight is 230 g/mol. The molecule has 0 amide bonds. The van der Waals surface area contributed by atoms with E-state index in [1.54, 1.807) is 18.2 Å². The van der Waals surface area contributed by atoms with Crippen LogP contribution < -0.4 is 29.6 Å². The first-order valence-electron chi connectivity index (χ1n) is 3.17. The summed E-state index contributed by atoms with van der Waals surface area (Å²) in [6.45, 7) is 0. The molecule has 0 fully saturated rings. The Morgan fingerprint density at radius 3 is 2.08 bits per heavy atom. The van der Waals surface area contributed by atoms with Crippen LogP contribution in [0.1, 0.15) is 10.3 Å². The van der Waals surface area contributed by atoms with Crippen molar-refractivity contribution in [1.82, 2.24) is 0 Å². The zero-order chi connectivity index (χ0) is 9.19. The standard InChI is InChI=1S/C7H7ClO3S.Na/c8-7(12(9,10)11)6-4-2-1-3-5-6;/h1-5,7H,(H,9,10,11);/q;+1. The Morgan fingerprint density at radius 2 is 1.69 bits per heavy atom. The molecule has 0 bridgehead atoms. The maximum atomic E-state index is 10.6. The van der Waals surface area contributed by atoms with Crippen LogP contribution in [0.4, 0.5) is 0 Å². The monoisotopic (exact) mass is 229 g/mol. The Hall–Kier alpha value is 0.420. The third-order valence-electron chi connectivity index (χ3n) is 1.32. The molecule has 0 heterocycles.